The molecule has 0 saturated heterocycles. The molecular weight excluding hydrogens is 313 g/mol. The lowest BCUT2D eigenvalue weighted by Gasteiger charge is -2.06. The van der Waals surface area contributed by atoms with Gasteiger partial charge < -0.3 is 0 Å². The molecule has 116 valence electrons. The molecular formula is C14H12FNO5S. The molecule has 8 heteroatoms. The molecule has 0 bridgehead atoms. The lowest BCUT2D eigenvalue weighted by atomic mass is 10.2. The number of hydrogen-bond donors (Lipinski definition) is 0. The SMILES string of the molecule is O=[N+]([O-])c1ccc(COS(=O)(=O)c2cccc(CF)c2)cc1. The molecule has 0 amide bonds. The van der Waals surface area contributed by atoms with Crippen LogP contribution in [0.15, 0.2) is 53.4 Å². The number of non-ortho nitro benzene ring substituents is 1. The van der Waals surface area contributed by atoms with Crippen molar-refractivity contribution in [1.29, 1.82) is 0 Å². The first-order valence-corrected chi connectivity index (χ1v) is 7.61. The van der Waals surface area contributed by atoms with E-state index in [-0.39, 0.29) is 22.8 Å². The Morgan fingerprint density at radius 2 is 1.77 bits per heavy atom. The van der Waals surface area contributed by atoms with Crippen LogP contribution in [0.3, 0.4) is 0 Å². The Balaban J connectivity index is 2.10. The van der Waals surface area contributed by atoms with Gasteiger partial charge in [0.1, 0.15) is 6.67 Å². The molecule has 2 aromatic carbocycles. The molecule has 0 saturated carbocycles. The van der Waals surface area contributed by atoms with Crippen molar-refractivity contribution in [1.82, 2.24) is 0 Å². The van der Waals surface area contributed by atoms with Gasteiger partial charge in [-0.15, -0.1) is 0 Å². The second-order valence-corrected chi connectivity index (χ2v) is 6.04. The molecule has 0 radical (unpaired) electrons. The van der Waals surface area contributed by atoms with Gasteiger partial charge in [0, 0.05) is 12.1 Å². The summed E-state index contributed by atoms with van der Waals surface area (Å²) in [6.45, 7) is -1.04. The Kier molecular flexibility index (Phi) is 4.84. The molecule has 0 fully saturated rings. The molecule has 0 unspecified atom stereocenters. The van der Waals surface area contributed by atoms with E-state index in [1.165, 1.54) is 48.5 Å². The molecule has 2 aromatic rings. The van der Waals surface area contributed by atoms with Gasteiger partial charge in [0.2, 0.25) is 0 Å². The Hall–Kier alpha value is -2.32. The summed E-state index contributed by atoms with van der Waals surface area (Å²) in [4.78, 5) is 9.84. The zero-order valence-corrected chi connectivity index (χ0v) is 12.1. The molecule has 0 spiro atoms. The molecule has 0 aliphatic carbocycles. The minimum atomic E-state index is -4.02. The molecule has 0 atom stereocenters. The van der Waals surface area contributed by atoms with Crippen molar-refractivity contribution in [3.05, 3.63) is 69.8 Å². The summed E-state index contributed by atoms with van der Waals surface area (Å²) >= 11 is 0. The normalized spacial score (nSPS) is 11.3. The topological polar surface area (TPSA) is 86.5 Å². The first kappa shape index (κ1) is 16.1. The van der Waals surface area contributed by atoms with Crippen molar-refractivity contribution in [2.24, 2.45) is 0 Å². The first-order valence-electron chi connectivity index (χ1n) is 6.20. The summed E-state index contributed by atoms with van der Waals surface area (Å²) in [6.07, 6.45) is 0. The molecule has 6 nitrogen and oxygen atoms in total. The van der Waals surface area contributed by atoms with Gasteiger partial charge in [-0.3, -0.25) is 14.3 Å². The predicted molar refractivity (Wildman–Crippen MR) is 76.3 cm³/mol. The lowest BCUT2D eigenvalue weighted by molar-refractivity contribution is -0.384. The van der Waals surface area contributed by atoms with Crippen LogP contribution in [0.4, 0.5) is 10.1 Å². The molecule has 0 aromatic heterocycles. The second-order valence-electron chi connectivity index (χ2n) is 4.42. The van der Waals surface area contributed by atoms with E-state index in [0.717, 1.165) is 0 Å². The van der Waals surface area contributed by atoms with Crippen molar-refractivity contribution >= 4 is 15.8 Å². The van der Waals surface area contributed by atoms with Gasteiger partial charge >= 0.3 is 0 Å². The average molecular weight is 325 g/mol. The zero-order valence-electron chi connectivity index (χ0n) is 11.3. The molecule has 0 aliphatic heterocycles. The van der Waals surface area contributed by atoms with Crippen LogP contribution >= 0.6 is 0 Å². The molecule has 0 N–H and O–H groups in total. The summed E-state index contributed by atoms with van der Waals surface area (Å²) in [5, 5.41) is 10.5. The van der Waals surface area contributed by atoms with Gasteiger partial charge in [0.25, 0.3) is 15.8 Å². The van der Waals surface area contributed by atoms with Crippen LogP contribution in [-0.2, 0) is 27.6 Å². The van der Waals surface area contributed by atoms with E-state index in [0.29, 0.717) is 5.56 Å². The molecule has 2 rings (SSSR count). The molecule has 0 aliphatic rings. The first-order chi connectivity index (χ1) is 10.4. The summed E-state index contributed by atoms with van der Waals surface area (Å²) in [7, 11) is -4.02. The van der Waals surface area contributed by atoms with Crippen LogP contribution in [0.5, 0.6) is 0 Å². The van der Waals surface area contributed by atoms with Crippen LogP contribution in [-0.4, -0.2) is 13.3 Å². The Morgan fingerprint density at radius 3 is 2.36 bits per heavy atom. The van der Waals surface area contributed by atoms with Crippen LogP contribution in [0.1, 0.15) is 11.1 Å². The van der Waals surface area contributed by atoms with Gasteiger partial charge in [-0.05, 0) is 35.4 Å². The van der Waals surface area contributed by atoms with Crippen molar-refractivity contribution in [3.63, 3.8) is 0 Å². The number of alkyl halides is 1. The standard InChI is InChI=1S/C14H12FNO5S/c15-9-12-2-1-3-14(8-12)22(19,20)21-10-11-4-6-13(7-5-11)16(17)18/h1-8H,9-10H2. The maximum Gasteiger partial charge on any atom is 0.297 e. The van der Waals surface area contributed by atoms with Crippen molar-refractivity contribution in [2.45, 2.75) is 18.2 Å². The van der Waals surface area contributed by atoms with E-state index in [4.69, 9.17) is 4.18 Å². The Morgan fingerprint density at radius 1 is 1.09 bits per heavy atom. The van der Waals surface area contributed by atoms with Crippen LogP contribution in [0.25, 0.3) is 0 Å². The van der Waals surface area contributed by atoms with E-state index in [2.05, 4.69) is 0 Å². The van der Waals surface area contributed by atoms with E-state index in [9.17, 15) is 22.9 Å². The third kappa shape index (κ3) is 3.86. The number of rotatable bonds is 6. The number of nitro benzene ring substituents is 1. The van der Waals surface area contributed by atoms with E-state index in [1.807, 2.05) is 0 Å². The monoisotopic (exact) mass is 325 g/mol. The average Bonchev–Trinajstić information content (AvgIpc) is 2.53. The quantitative estimate of drug-likeness (QED) is 0.463. The largest absolute Gasteiger partial charge is 0.297 e. The van der Waals surface area contributed by atoms with E-state index < -0.39 is 21.7 Å². The summed E-state index contributed by atoms with van der Waals surface area (Å²) in [6, 6.07) is 10.7. The highest BCUT2D eigenvalue weighted by Gasteiger charge is 2.16. The fourth-order valence-electron chi connectivity index (χ4n) is 1.71. The maximum absolute atomic E-state index is 12.6. The summed E-state index contributed by atoms with van der Waals surface area (Å²) in [5.41, 5.74) is 0.609. The van der Waals surface area contributed by atoms with Crippen LogP contribution in [0.2, 0.25) is 0 Å². The van der Waals surface area contributed by atoms with Crippen molar-refractivity contribution in [3.8, 4) is 0 Å². The predicted octanol–water partition coefficient (Wildman–Crippen LogP) is 2.97. The second kappa shape index (κ2) is 6.63. The zero-order chi connectivity index (χ0) is 16.2. The minimum absolute atomic E-state index is 0.0951. The third-order valence-electron chi connectivity index (χ3n) is 2.87. The van der Waals surface area contributed by atoms with Crippen LogP contribution < -0.4 is 0 Å². The van der Waals surface area contributed by atoms with Gasteiger partial charge in [-0.2, -0.15) is 8.42 Å². The fourth-order valence-corrected chi connectivity index (χ4v) is 2.68. The van der Waals surface area contributed by atoms with Crippen molar-refractivity contribution < 1.29 is 21.9 Å². The van der Waals surface area contributed by atoms with E-state index >= 15 is 0 Å². The number of hydrogen-bond acceptors (Lipinski definition) is 5. The molecule has 22 heavy (non-hydrogen) atoms. The van der Waals surface area contributed by atoms with Gasteiger partial charge in [0.05, 0.1) is 16.4 Å². The molecule has 0 heterocycles. The highest BCUT2D eigenvalue weighted by Crippen LogP contribution is 2.18. The highest BCUT2D eigenvalue weighted by atomic mass is 32.2. The number of benzene rings is 2. The van der Waals surface area contributed by atoms with Crippen LogP contribution in [0, 0.1) is 10.1 Å². The minimum Gasteiger partial charge on any atom is -0.262 e. The number of halogens is 1. The maximum atomic E-state index is 12.6. The number of nitro groups is 1. The Bertz CT molecular complexity index is 774. The lowest BCUT2D eigenvalue weighted by Crippen LogP contribution is -2.07. The Labute approximate surface area is 126 Å². The van der Waals surface area contributed by atoms with E-state index in [1.54, 1.807) is 0 Å². The van der Waals surface area contributed by atoms with Gasteiger partial charge in [-0.25, -0.2) is 4.39 Å². The summed E-state index contributed by atoms with van der Waals surface area (Å²) in [5.74, 6) is 0. The van der Waals surface area contributed by atoms with Crippen molar-refractivity contribution in [2.75, 3.05) is 0 Å². The highest BCUT2D eigenvalue weighted by molar-refractivity contribution is 7.86. The third-order valence-corrected chi connectivity index (χ3v) is 4.13. The summed E-state index contributed by atoms with van der Waals surface area (Å²) < 4.78 is 41.4. The number of nitrogens with zero attached hydrogens (tertiary/aromatic N) is 1. The van der Waals surface area contributed by atoms with Gasteiger partial charge in [-0.1, -0.05) is 12.1 Å². The smallest absolute Gasteiger partial charge is 0.262 e. The fraction of sp³-hybridized carbons (Fsp3) is 0.143. The van der Waals surface area contributed by atoms with Gasteiger partial charge in [0.15, 0.2) is 0 Å².